The van der Waals surface area contributed by atoms with E-state index in [-0.39, 0.29) is 11.9 Å². The predicted octanol–water partition coefficient (Wildman–Crippen LogP) is 3.95. The van der Waals surface area contributed by atoms with Crippen LogP contribution in [0.1, 0.15) is 40.9 Å². The second-order valence-corrected chi connectivity index (χ2v) is 9.20. The maximum absolute atomic E-state index is 13.8. The van der Waals surface area contributed by atoms with Crippen molar-refractivity contribution in [2.24, 2.45) is 0 Å². The lowest BCUT2D eigenvalue weighted by Crippen LogP contribution is -2.39. The molecule has 8 nitrogen and oxygen atoms in total. The fraction of sp³-hybridized carbons (Fsp3) is 0.393. The van der Waals surface area contributed by atoms with Gasteiger partial charge in [0, 0.05) is 44.4 Å². The molecule has 1 atom stereocenters. The van der Waals surface area contributed by atoms with Crippen molar-refractivity contribution in [3.05, 3.63) is 77.5 Å². The number of ether oxygens (including phenoxy) is 2. The number of hydrogen-bond donors (Lipinski definition) is 1. The standard InChI is InChI=1S/C28H33N5O3/c1-21(22-6-3-2-4-7-22)30-28-29-12-10-26(31-28)33(14-5-13-32-15-18-35-19-16-32)27(34)24-8-9-25-23(20-24)11-17-36-25/h2-4,6-10,12,20-21H,5,11,13-19H2,1H3,(H,29,30,31)/t21-/m0/s1. The molecular formula is C28H33N5O3. The third-order valence-electron chi connectivity index (χ3n) is 6.70. The van der Waals surface area contributed by atoms with Gasteiger partial charge in [-0.05, 0) is 48.7 Å². The van der Waals surface area contributed by atoms with E-state index in [0.717, 1.165) is 62.6 Å². The van der Waals surface area contributed by atoms with Gasteiger partial charge in [0.15, 0.2) is 0 Å². The van der Waals surface area contributed by atoms with E-state index >= 15 is 0 Å². The number of nitrogens with zero attached hydrogens (tertiary/aromatic N) is 4. The van der Waals surface area contributed by atoms with Crippen LogP contribution in [0, 0.1) is 0 Å². The van der Waals surface area contributed by atoms with Crippen LogP contribution < -0.4 is 15.0 Å². The third-order valence-corrected chi connectivity index (χ3v) is 6.70. The molecule has 2 aliphatic heterocycles. The Morgan fingerprint density at radius 2 is 1.94 bits per heavy atom. The molecule has 0 unspecified atom stereocenters. The summed E-state index contributed by atoms with van der Waals surface area (Å²) in [6.07, 6.45) is 3.38. The SMILES string of the molecule is C[C@H](Nc1nccc(N(CCCN2CCOCC2)C(=O)c2ccc3c(c2)CCO3)n1)c1ccccc1. The maximum atomic E-state index is 13.8. The Morgan fingerprint density at radius 1 is 1.11 bits per heavy atom. The van der Waals surface area contributed by atoms with Crippen molar-refractivity contribution in [3.63, 3.8) is 0 Å². The van der Waals surface area contributed by atoms with E-state index in [1.807, 2.05) is 42.5 Å². The van der Waals surface area contributed by atoms with E-state index in [9.17, 15) is 4.79 Å². The summed E-state index contributed by atoms with van der Waals surface area (Å²) in [7, 11) is 0. The van der Waals surface area contributed by atoms with Crippen LogP contribution in [0.2, 0.25) is 0 Å². The zero-order chi connectivity index (χ0) is 24.7. The highest BCUT2D eigenvalue weighted by Crippen LogP contribution is 2.27. The monoisotopic (exact) mass is 487 g/mol. The van der Waals surface area contributed by atoms with Crippen LogP contribution in [-0.4, -0.2) is 66.8 Å². The van der Waals surface area contributed by atoms with Gasteiger partial charge in [-0.1, -0.05) is 30.3 Å². The average Bonchev–Trinajstić information content (AvgIpc) is 3.40. The minimum atomic E-state index is -0.0626. The molecule has 8 heteroatoms. The van der Waals surface area contributed by atoms with Crippen molar-refractivity contribution in [2.45, 2.75) is 25.8 Å². The van der Waals surface area contributed by atoms with Crippen LogP contribution in [-0.2, 0) is 11.2 Å². The zero-order valence-corrected chi connectivity index (χ0v) is 20.7. The average molecular weight is 488 g/mol. The number of rotatable bonds is 9. The van der Waals surface area contributed by atoms with Crippen molar-refractivity contribution < 1.29 is 14.3 Å². The quantitative estimate of drug-likeness (QED) is 0.490. The van der Waals surface area contributed by atoms with Crippen LogP contribution in [0.5, 0.6) is 5.75 Å². The summed E-state index contributed by atoms with van der Waals surface area (Å²) in [5, 5.41) is 3.38. The van der Waals surface area contributed by atoms with E-state index < -0.39 is 0 Å². The Morgan fingerprint density at radius 3 is 2.78 bits per heavy atom. The minimum Gasteiger partial charge on any atom is -0.493 e. The number of carbonyl (C=O) groups excluding carboxylic acids is 1. The van der Waals surface area contributed by atoms with Gasteiger partial charge in [0.2, 0.25) is 5.95 Å². The molecule has 0 bridgehead atoms. The molecule has 1 aromatic heterocycles. The van der Waals surface area contributed by atoms with Crippen molar-refractivity contribution in [3.8, 4) is 5.75 Å². The summed E-state index contributed by atoms with van der Waals surface area (Å²) in [6, 6.07) is 17.7. The number of carbonyl (C=O) groups is 1. The Balaban J connectivity index is 1.35. The molecule has 5 rings (SSSR count). The first kappa shape index (κ1) is 24.2. The summed E-state index contributed by atoms with van der Waals surface area (Å²) < 4.78 is 11.1. The molecule has 2 aromatic carbocycles. The highest BCUT2D eigenvalue weighted by molar-refractivity contribution is 6.05. The summed E-state index contributed by atoms with van der Waals surface area (Å²) in [6.45, 7) is 7.59. The second kappa shape index (κ2) is 11.5. The Bertz CT molecular complexity index is 1170. The van der Waals surface area contributed by atoms with E-state index in [2.05, 4.69) is 34.3 Å². The van der Waals surface area contributed by atoms with Gasteiger partial charge in [-0.3, -0.25) is 14.6 Å². The number of fused-ring (bicyclic) bond motifs is 1. The molecule has 1 N–H and O–H groups in total. The van der Waals surface area contributed by atoms with Crippen LogP contribution in [0.15, 0.2) is 60.8 Å². The molecule has 3 aromatic rings. The minimum absolute atomic E-state index is 0.0311. The number of benzene rings is 2. The summed E-state index contributed by atoms with van der Waals surface area (Å²) in [4.78, 5) is 27.1. The number of aromatic nitrogens is 2. The molecule has 36 heavy (non-hydrogen) atoms. The highest BCUT2D eigenvalue weighted by Gasteiger charge is 2.23. The molecule has 188 valence electrons. The largest absolute Gasteiger partial charge is 0.493 e. The van der Waals surface area contributed by atoms with Gasteiger partial charge in [0.05, 0.1) is 25.9 Å². The normalized spacial score (nSPS) is 16.1. The lowest BCUT2D eigenvalue weighted by Gasteiger charge is -2.28. The summed E-state index contributed by atoms with van der Waals surface area (Å²) >= 11 is 0. The topological polar surface area (TPSA) is 79.8 Å². The van der Waals surface area contributed by atoms with Crippen molar-refractivity contribution >= 4 is 17.7 Å². The molecule has 3 heterocycles. The van der Waals surface area contributed by atoms with Gasteiger partial charge in [-0.2, -0.15) is 4.98 Å². The fourth-order valence-corrected chi connectivity index (χ4v) is 4.66. The lowest BCUT2D eigenvalue weighted by atomic mass is 10.1. The van der Waals surface area contributed by atoms with Gasteiger partial charge in [-0.15, -0.1) is 0 Å². The highest BCUT2D eigenvalue weighted by atomic mass is 16.5. The van der Waals surface area contributed by atoms with E-state index in [1.54, 1.807) is 11.1 Å². The van der Waals surface area contributed by atoms with E-state index in [0.29, 0.717) is 30.5 Å². The second-order valence-electron chi connectivity index (χ2n) is 9.20. The fourth-order valence-electron chi connectivity index (χ4n) is 4.66. The first-order valence-electron chi connectivity index (χ1n) is 12.7. The Labute approximate surface area is 212 Å². The molecule has 1 fully saturated rings. The Kier molecular flexibility index (Phi) is 7.73. The molecule has 2 aliphatic rings. The van der Waals surface area contributed by atoms with Crippen molar-refractivity contribution in [1.82, 2.24) is 14.9 Å². The maximum Gasteiger partial charge on any atom is 0.259 e. The van der Waals surface area contributed by atoms with Crippen LogP contribution in [0.25, 0.3) is 0 Å². The van der Waals surface area contributed by atoms with Crippen molar-refractivity contribution in [1.29, 1.82) is 0 Å². The first-order chi connectivity index (χ1) is 17.7. The number of hydrogen-bond acceptors (Lipinski definition) is 7. The smallest absolute Gasteiger partial charge is 0.259 e. The Hall–Kier alpha value is -3.49. The van der Waals surface area contributed by atoms with Crippen LogP contribution in [0.4, 0.5) is 11.8 Å². The molecule has 0 aliphatic carbocycles. The molecule has 1 amide bonds. The molecular weight excluding hydrogens is 454 g/mol. The zero-order valence-electron chi connectivity index (χ0n) is 20.7. The third kappa shape index (κ3) is 5.83. The van der Waals surface area contributed by atoms with Gasteiger partial charge in [-0.25, -0.2) is 4.98 Å². The summed E-state index contributed by atoms with van der Waals surface area (Å²) in [5.41, 5.74) is 2.87. The molecule has 0 saturated carbocycles. The number of amides is 1. The van der Waals surface area contributed by atoms with Gasteiger partial charge < -0.3 is 14.8 Å². The van der Waals surface area contributed by atoms with Crippen LogP contribution >= 0.6 is 0 Å². The number of nitrogens with one attached hydrogen (secondary N) is 1. The summed E-state index contributed by atoms with van der Waals surface area (Å²) in [5.74, 6) is 1.90. The van der Waals surface area contributed by atoms with E-state index in [1.165, 1.54) is 0 Å². The number of anilines is 2. The number of morpholine rings is 1. The van der Waals surface area contributed by atoms with Gasteiger partial charge in [0.25, 0.3) is 5.91 Å². The van der Waals surface area contributed by atoms with Gasteiger partial charge >= 0.3 is 0 Å². The van der Waals surface area contributed by atoms with Crippen LogP contribution in [0.3, 0.4) is 0 Å². The molecule has 0 radical (unpaired) electrons. The van der Waals surface area contributed by atoms with Gasteiger partial charge in [0.1, 0.15) is 11.6 Å². The molecule has 1 saturated heterocycles. The first-order valence-corrected chi connectivity index (χ1v) is 12.7. The molecule has 0 spiro atoms. The van der Waals surface area contributed by atoms with E-state index in [4.69, 9.17) is 14.5 Å². The lowest BCUT2D eigenvalue weighted by molar-refractivity contribution is 0.0376. The predicted molar refractivity (Wildman–Crippen MR) is 140 cm³/mol. The van der Waals surface area contributed by atoms with Crippen molar-refractivity contribution in [2.75, 3.05) is 56.2 Å².